The minimum atomic E-state index is -0.342. The Labute approximate surface area is 92.6 Å². The van der Waals surface area contributed by atoms with Gasteiger partial charge >= 0.3 is 0 Å². The third-order valence-electron chi connectivity index (χ3n) is 3.18. The van der Waals surface area contributed by atoms with E-state index >= 15 is 0 Å². The summed E-state index contributed by atoms with van der Waals surface area (Å²) < 4.78 is 5.85. The molecular weight excluding hydrogens is 188 g/mol. The molecular formula is C12H28OSi. The quantitative estimate of drug-likeness (QED) is 0.445. The van der Waals surface area contributed by atoms with Crippen LogP contribution in [-0.4, -0.2) is 16.4 Å². The number of hydrogen-bond donors (Lipinski definition) is 0. The molecule has 0 radical (unpaired) electrons. The molecule has 0 aliphatic heterocycles. The second kappa shape index (κ2) is 7.47. The number of unbranched alkanes of at least 4 members (excludes halogenated alkanes) is 3. The monoisotopic (exact) mass is 216 g/mol. The third kappa shape index (κ3) is 6.60. The van der Waals surface area contributed by atoms with Gasteiger partial charge in [0, 0.05) is 6.61 Å². The minimum absolute atomic E-state index is 0.342. The molecule has 0 saturated carbocycles. The molecule has 2 heteroatoms. The van der Waals surface area contributed by atoms with Gasteiger partial charge in [-0.15, -0.1) is 0 Å². The van der Waals surface area contributed by atoms with Crippen molar-refractivity contribution in [2.75, 3.05) is 6.61 Å². The second-order valence-electron chi connectivity index (χ2n) is 5.26. The molecule has 0 fully saturated rings. The summed E-state index contributed by atoms with van der Waals surface area (Å²) in [5, 5.41) is 0.463. The fourth-order valence-electron chi connectivity index (χ4n) is 1.13. The van der Waals surface area contributed by atoms with E-state index in [0.717, 1.165) is 12.5 Å². The molecule has 0 bridgehead atoms. The molecule has 0 unspecified atom stereocenters. The van der Waals surface area contributed by atoms with Gasteiger partial charge in [-0.1, -0.05) is 53.9 Å². The van der Waals surface area contributed by atoms with Crippen LogP contribution < -0.4 is 0 Å². The molecule has 1 nitrogen and oxygen atoms in total. The van der Waals surface area contributed by atoms with Crippen molar-refractivity contribution in [1.82, 2.24) is 0 Å². The first-order valence-corrected chi connectivity index (χ1v) is 7.37. The van der Waals surface area contributed by atoms with Crippen LogP contribution >= 0.6 is 0 Å². The average molecular weight is 216 g/mol. The standard InChI is InChI=1S/C12H28OSi/c1-6-7-8-9-10-13-14-12(4,5)11(2)3/h11H,6-10,14H2,1-5H3. The first-order chi connectivity index (χ1) is 6.50. The van der Waals surface area contributed by atoms with Gasteiger partial charge in [-0.25, -0.2) is 0 Å². The first kappa shape index (κ1) is 14.2. The number of rotatable bonds is 8. The molecule has 0 rings (SSSR count). The van der Waals surface area contributed by atoms with Gasteiger partial charge in [0.15, 0.2) is 9.76 Å². The summed E-state index contributed by atoms with van der Waals surface area (Å²) in [6.07, 6.45) is 5.27. The second-order valence-corrected chi connectivity index (χ2v) is 7.78. The maximum atomic E-state index is 5.85. The van der Waals surface area contributed by atoms with E-state index in [9.17, 15) is 0 Å². The molecule has 0 aromatic heterocycles. The van der Waals surface area contributed by atoms with E-state index in [0.29, 0.717) is 5.04 Å². The van der Waals surface area contributed by atoms with E-state index in [1.807, 2.05) is 0 Å². The summed E-state index contributed by atoms with van der Waals surface area (Å²) in [5.74, 6) is 0.754. The lowest BCUT2D eigenvalue weighted by molar-refractivity contribution is 0.291. The van der Waals surface area contributed by atoms with E-state index < -0.39 is 0 Å². The Balaban J connectivity index is 3.35. The highest BCUT2D eigenvalue weighted by atomic mass is 28.2. The molecule has 86 valence electrons. The van der Waals surface area contributed by atoms with Crippen molar-refractivity contribution < 1.29 is 4.43 Å². The fraction of sp³-hybridized carbons (Fsp3) is 1.00. The molecule has 0 aromatic rings. The van der Waals surface area contributed by atoms with Crippen LogP contribution in [0.3, 0.4) is 0 Å². The molecule has 14 heavy (non-hydrogen) atoms. The Kier molecular flexibility index (Phi) is 7.56. The van der Waals surface area contributed by atoms with Crippen LogP contribution in [0.5, 0.6) is 0 Å². The highest BCUT2D eigenvalue weighted by molar-refractivity contribution is 6.32. The van der Waals surface area contributed by atoms with E-state index in [1.165, 1.54) is 25.7 Å². The van der Waals surface area contributed by atoms with Gasteiger partial charge in [-0.05, 0) is 17.4 Å². The van der Waals surface area contributed by atoms with E-state index in [2.05, 4.69) is 34.6 Å². The number of hydrogen-bond acceptors (Lipinski definition) is 1. The Morgan fingerprint density at radius 1 is 1.14 bits per heavy atom. The summed E-state index contributed by atoms with van der Waals surface area (Å²) in [5.41, 5.74) is 0. The summed E-state index contributed by atoms with van der Waals surface area (Å²) in [6, 6.07) is 0. The molecule has 0 aromatic carbocycles. The summed E-state index contributed by atoms with van der Waals surface area (Å²) in [6.45, 7) is 12.5. The largest absolute Gasteiger partial charge is 0.423 e. The zero-order valence-corrected chi connectivity index (χ0v) is 12.1. The molecule has 0 aliphatic carbocycles. The molecule has 0 N–H and O–H groups in total. The van der Waals surface area contributed by atoms with Gasteiger partial charge in [0.2, 0.25) is 0 Å². The van der Waals surface area contributed by atoms with Crippen molar-refractivity contribution in [2.24, 2.45) is 5.92 Å². The summed E-state index contributed by atoms with van der Waals surface area (Å²) in [7, 11) is -0.342. The van der Waals surface area contributed by atoms with Crippen molar-refractivity contribution in [3.63, 3.8) is 0 Å². The Bertz CT molecular complexity index is 132. The molecule has 0 aliphatic rings. The van der Waals surface area contributed by atoms with Crippen molar-refractivity contribution in [1.29, 1.82) is 0 Å². The van der Waals surface area contributed by atoms with Gasteiger partial charge in [0.1, 0.15) is 0 Å². The maximum Gasteiger partial charge on any atom is 0.167 e. The SMILES string of the molecule is CCCCCCO[SiH2]C(C)(C)C(C)C. The minimum Gasteiger partial charge on any atom is -0.423 e. The smallest absolute Gasteiger partial charge is 0.167 e. The third-order valence-corrected chi connectivity index (χ3v) is 5.23. The van der Waals surface area contributed by atoms with Crippen molar-refractivity contribution in [3.05, 3.63) is 0 Å². The average Bonchev–Trinajstić information content (AvgIpc) is 2.10. The predicted molar refractivity (Wildman–Crippen MR) is 67.5 cm³/mol. The highest BCUT2D eigenvalue weighted by Crippen LogP contribution is 2.32. The van der Waals surface area contributed by atoms with Gasteiger partial charge in [-0.2, -0.15) is 0 Å². The lowest BCUT2D eigenvalue weighted by Crippen LogP contribution is -2.22. The van der Waals surface area contributed by atoms with Crippen LogP contribution in [0.4, 0.5) is 0 Å². The molecule has 0 amide bonds. The zero-order valence-electron chi connectivity index (χ0n) is 10.7. The van der Waals surface area contributed by atoms with Crippen molar-refractivity contribution in [2.45, 2.75) is 65.3 Å². The summed E-state index contributed by atoms with van der Waals surface area (Å²) >= 11 is 0. The lowest BCUT2D eigenvalue weighted by atomic mass is 9.99. The normalized spacial score (nSPS) is 13.3. The van der Waals surface area contributed by atoms with Crippen LogP contribution in [0.25, 0.3) is 0 Å². The van der Waals surface area contributed by atoms with Crippen LogP contribution in [0.2, 0.25) is 5.04 Å². The Morgan fingerprint density at radius 3 is 2.29 bits per heavy atom. The first-order valence-electron chi connectivity index (χ1n) is 6.08. The van der Waals surface area contributed by atoms with Gasteiger partial charge in [-0.3, -0.25) is 0 Å². The molecule has 0 saturated heterocycles. The highest BCUT2D eigenvalue weighted by Gasteiger charge is 2.23. The van der Waals surface area contributed by atoms with E-state index in [4.69, 9.17) is 4.43 Å². The maximum absolute atomic E-state index is 5.85. The van der Waals surface area contributed by atoms with Crippen molar-refractivity contribution >= 4 is 9.76 Å². The fourth-order valence-corrected chi connectivity index (χ4v) is 2.34. The topological polar surface area (TPSA) is 9.23 Å². The van der Waals surface area contributed by atoms with Gasteiger partial charge < -0.3 is 4.43 Å². The molecule has 0 spiro atoms. The van der Waals surface area contributed by atoms with E-state index in [-0.39, 0.29) is 9.76 Å². The van der Waals surface area contributed by atoms with E-state index in [1.54, 1.807) is 0 Å². The van der Waals surface area contributed by atoms with Crippen LogP contribution in [0.15, 0.2) is 0 Å². The summed E-state index contributed by atoms with van der Waals surface area (Å²) in [4.78, 5) is 0. The molecule has 0 atom stereocenters. The molecule has 0 heterocycles. The van der Waals surface area contributed by atoms with Gasteiger partial charge in [0.25, 0.3) is 0 Å². The zero-order chi connectivity index (χ0) is 11.0. The van der Waals surface area contributed by atoms with Crippen molar-refractivity contribution in [3.8, 4) is 0 Å². The predicted octanol–water partition coefficient (Wildman–Crippen LogP) is 3.52. The van der Waals surface area contributed by atoms with Crippen LogP contribution in [-0.2, 0) is 4.43 Å². The van der Waals surface area contributed by atoms with Gasteiger partial charge in [0.05, 0.1) is 0 Å². The Morgan fingerprint density at radius 2 is 1.79 bits per heavy atom. The lowest BCUT2D eigenvalue weighted by Gasteiger charge is -2.28. The van der Waals surface area contributed by atoms with Crippen LogP contribution in [0, 0.1) is 5.92 Å². The Hall–Kier alpha value is 0.177. The van der Waals surface area contributed by atoms with Crippen LogP contribution in [0.1, 0.15) is 60.3 Å².